The number of nitrogens with one attached hydrogen (secondary N) is 2. The second kappa shape index (κ2) is 27.3. The van der Waals surface area contributed by atoms with Gasteiger partial charge in [0.25, 0.3) is 0 Å². The number of amides is 2. The molecule has 0 aliphatic rings. The van der Waals surface area contributed by atoms with Crippen LogP contribution in [0.5, 0.6) is 0 Å². The molecule has 0 radical (unpaired) electrons. The molecule has 0 aliphatic carbocycles. The fourth-order valence-electron chi connectivity index (χ4n) is 0.947. The van der Waals surface area contributed by atoms with E-state index >= 15 is 0 Å². The van der Waals surface area contributed by atoms with Gasteiger partial charge in [-0.2, -0.15) is 0 Å². The summed E-state index contributed by atoms with van der Waals surface area (Å²) in [5, 5.41) is 5.09. The van der Waals surface area contributed by atoms with Crippen molar-refractivity contribution in [2.75, 3.05) is 54.4 Å². The Morgan fingerprint density at radius 1 is 0.682 bits per heavy atom. The zero-order valence-corrected chi connectivity index (χ0v) is 20.3. The van der Waals surface area contributed by atoms with E-state index in [0.717, 1.165) is 13.1 Å². The zero-order chi connectivity index (χ0) is 12.6. The molecule has 2 amide bonds. The number of nitrogens with zero attached hydrogens (tertiary/aromatic N) is 2. The molecule has 22 heavy (non-hydrogen) atoms. The first-order chi connectivity index (χ1) is 7.43. The van der Waals surface area contributed by atoms with Gasteiger partial charge in [0.1, 0.15) is 0 Å². The summed E-state index contributed by atoms with van der Waals surface area (Å²) in [6.45, 7) is 2.40. The molecule has 0 bridgehead atoms. The predicted molar refractivity (Wildman–Crippen MR) is 63.1 cm³/mol. The van der Waals surface area contributed by atoms with Crippen LogP contribution in [0, 0.1) is 0 Å². The van der Waals surface area contributed by atoms with E-state index in [-0.39, 0.29) is 91.8 Å². The molecular weight excluding hydrogens is 740 g/mol. The number of hydrogen-bond donors (Lipinski definition) is 2. The summed E-state index contributed by atoms with van der Waals surface area (Å²) >= 11 is 0. The Bertz CT molecular complexity index is 229. The maximum Gasteiger partial charge on any atom is 2.00 e. The second-order valence-corrected chi connectivity index (χ2v) is 4.12. The monoisotopic (exact) mass is 760 g/mol. The number of carbonyl (C=O) groups excluding carboxylic acids is 2. The van der Waals surface area contributed by atoms with E-state index in [4.69, 9.17) is 0 Å². The maximum atomic E-state index is 11.2. The minimum Gasteiger partial charge on any atom is -1.00 e. The van der Waals surface area contributed by atoms with Crippen LogP contribution in [-0.4, -0.2) is 76.0 Å². The van der Waals surface area contributed by atoms with Crippen molar-refractivity contribution in [3.8, 4) is 0 Å². The number of carbonyl (C=O) groups is 2. The Morgan fingerprint density at radius 2 is 0.909 bits per heavy atom. The van der Waals surface area contributed by atoms with Gasteiger partial charge in [-0.15, -0.1) is 0 Å². The van der Waals surface area contributed by atoms with Crippen molar-refractivity contribution >= 4 is 11.8 Å². The topological polar surface area (TPSA) is 64.7 Å². The average molecular weight is 762 g/mol. The summed E-state index contributed by atoms with van der Waals surface area (Å²) in [5.74, 6) is -1.14. The van der Waals surface area contributed by atoms with Crippen molar-refractivity contribution < 1.29 is 101 Å². The molecule has 0 aromatic carbocycles. The molecule has 2 N–H and O–H groups in total. The minimum atomic E-state index is -0.569. The van der Waals surface area contributed by atoms with Crippen molar-refractivity contribution in [2.24, 2.45) is 0 Å². The third-order valence-corrected chi connectivity index (χ3v) is 1.90. The van der Waals surface area contributed by atoms with Gasteiger partial charge >= 0.3 is 53.9 Å². The largest absolute Gasteiger partial charge is 2.00 e. The van der Waals surface area contributed by atoms with Gasteiger partial charge < -0.3 is 70.1 Å². The summed E-state index contributed by atoms with van der Waals surface area (Å²) < 4.78 is 0. The van der Waals surface area contributed by atoms with Crippen molar-refractivity contribution in [3.63, 3.8) is 0 Å². The molecule has 142 valence electrons. The van der Waals surface area contributed by atoms with Crippen LogP contribution < -0.4 is 60.3 Å². The third-order valence-electron chi connectivity index (χ3n) is 1.90. The van der Waals surface area contributed by atoms with Crippen molar-refractivity contribution in [3.05, 3.63) is 0 Å². The number of halogens is 4. The molecule has 0 aromatic heterocycles. The van der Waals surface area contributed by atoms with Crippen LogP contribution in [0.4, 0.5) is 0 Å². The Balaban J connectivity index is -0.0000000750. The van der Waals surface area contributed by atoms with Crippen LogP contribution in [0.25, 0.3) is 0 Å². The smallest absolute Gasteiger partial charge is 1.00 e. The molecule has 0 spiro atoms. The molecule has 0 atom stereocenters. The first-order valence-corrected chi connectivity index (χ1v) is 5.29. The summed E-state index contributed by atoms with van der Waals surface area (Å²) in [5.41, 5.74) is 0. The predicted octanol–water partition coefficient (Wildman–Crippen LogP) is -13.6. The van der Waals surface area contributed by atoms with E-state index in [1.165, 1.54) is 0 Å². The first kappa shape index (κ1) is 43.7. The van der Waals surface area contributed by atoms with Gasteiger partial charge in [0.15, 0.2) is 0 Å². The normalized spacial score (nSPS) is 7.73. The van der Waals surface area contributed by atoms with E-state index in [1.807, 2.05) is 38.0 Å². The molecule has 12 heteroatoms. The van der Waals surface area contributed by atoms with Gasteiger partial charge in [-0.05, 0) is 28.2 Å². The van der Waals surface area contributed by atoms with Gasteiger partial charge in [-0.1, -0.05) is 0 Å². The molecule has 0 saturated heterocycles. The quantitative estimate of drug-likeness (QED) is 0.265. The average Bonchev–Trinajstić information content (AvgIpc) is 2.16. The molecule has 0 fully saturated rings. The van der Waals surface area contributed by atoms with E-state index in [1.54, 1.807) is 0 Å². The van der Waals surface area contributed by atoms with E-state index in [9.17, 15) is 9.59 Å². The van der Waals surface area contributed by atoms with Gasteiger partial charge in [0.2, 0.25) is 0 Å². The summed E-state index contributed by atoms with van der Waals surface area (Å²) in [6, 6.07) is 0. The Morgan fingerprint density at radius 3 is 1.09 bits per heavy atom. The molecular formula is C10H22Cl4N4O2Pt2. The van der Waals surface area contributed by atoms with Gasteiger partial charge in [-0.3, -0.25) is 9.59 Å². The Labute approximate surface area is 186 Å². The first-order valence-electron chi connectivity index (χ1n) is 5.29. The molecule has 0 rings (SSSR count). The van der Waals surface area contributed by atoms with Crippen LogP contribution in [0.3, 0.4) is 0 Å². The number of rotatable bonds is 6. The summed E-state index contributed by atoms with van der Waals surface area (Å²) in [6.07, 6.45) is 0. The van der Waals surface area contributed by atoms with Crippen LogP contribution in [0.2, 0.25) is 0 Å². The Kier molecular flexibility index (Phi) is 54.1. The van der Waals surface area contributed by atoms with Crippen LogP contribution >= 0.6 is 0 Å². The molecule has 6 nitrogen and oxygen atoms in total. The van der Waals surface area contributed by atoms with Gasteiger partial charge in [0.05, 0.1) is 0 Å². The maximum absolute atomic E-state index is 11.2. The fourth-order valence-corrected chi connectivity index (χ4v) is 0.947. The van der Waals surface area contributed by atoms with E-state index < -0.39 is 11.8 Å². The van der Waals surface area contributed by atoms with Crippen molar-refractivity contribution in [1.29, 1.82) is 0 Å². The summed E-state index contributed by atoms with van der Waals surface area (Å²) in [7, 11) is 7.62. The molecule has 0 aromatic rings. The fraction of sp³-hybridized carbons (Fsp3) is 0.800. The van der Waals surface area contributed by atoms with E-state index in [0.29, 0.717) is 13.1 Å². The molecule has 0 aliphatic heterocycles. The second-order valence-electron chi connectivity index (χ2n) is 4.12. The SMILES string of the molecule is CN(C)CCNC(=O)C(=O)NCCN(C)C.[Cl-].[Cl-].[Cl-].[Cl-].[Pt+2].[Pt+2]. The molecule has 0 heterocycles. The third kappa shape index (κ3) is 29.4. The van der Waals surface area contributed by atoms with E-state index in [2.05, 4.69) is 10.6 Å². The van der Waals surface area contributed by atoms with Crippen LogP contribution in [0.1, 0.15) is 0 Å². The molecule has 0 saturated carbocycles. The van der Waals surface area contributed by atoms with Crippen LogP contribution in [-0.2, 0) is 51.7 Å². The minimum absolute atomic E-state index is 0. The van der Waals surface area contributed by atoms with Gasteiger partial charge in [-0.25, -0.2) is 0 Å². The van der Waals surface area contributed by atoms with Crippen molar-refractivity contribution in [1.82, 2.24) is 20.4 Å². The zero-order valence-electron chi connectivity index (χ0n) is 12.7. The van der Waals surface area contributed by atoms with Crippen LogP contribution in [0.15, 0.2) is 0 Å². The Hall–Kier alpha value is 1.40. The molecule has 0 unspecified atom stereocenters. The van der Waals surface area contributed by atoms with Crippen molar-refractivity contribution in [2.45, 2.75) is 0 Å². The number of likely N-dealkylation sites (N-methyl/N-ethyl adjacent to an activating group) is 2. The summed E-state index contributed by atoms with van der Waals surface area (Å²) in [4.78, 5) is 26.4. The standard InChI is InChI=1S/C10H22N4O2.4ClH.2Pt/c1-13(2)7-5-11-9(15)10(16)12-6-8-14(3)4;;;;;;/h5-8H2,1-4H3,(H,11,15)(H,12,16);4*1H;;/q;;;;;2*+2/p-4. The van der Waals surface area contributed by atoms with Gasteiger partial charge in [0, 0.05) is 26.2 Å². The number of hydrogen-bond acceptors (Lipinski definition) is 4.